The van der Waals surface area contributed by atoms with E-state index in [1.54, 1.807) is 0 Å². The first-order valence-electron chi connectivity index (χ1n) is 7.48. The van der Waals surface area contributed by atoms with Gasteiger partial charge < -0.3 is 0 Å². The molecular formula is C17H19Cl. The Morgan fingerprint density at radius 3 is 2.28 bits per heavy atom. The summed E-state index contributed by atoms with van der Waals surface area (Å²) in [6.45, 7) is 0. The first-order chi connectivity index (χ1) is 8.74. The van der Waals surface area contributed by atoms with E-state index in [4.69, 9.17) is 11.6 Å². The van der Waals surface area contributed by atoms with Crippen LogP contribution in [0, 0.1) is 29.1 Å². The van der Waals surface area contributed by atoms with Crippen LogP contribution in [0.5, 0.6) is 0 Å². The van der Waals surface area contributed by atoms with Crippen molar-refractivity contribution in [2.24, 2.45) is 29.1 Å². The summed E-state index contributed by atoms with van der Waals surface area (Å²) in [6, 6.07) is 11.0. The van der Waals surface area contributed by atoms with Gasteiger partial charge in [-0.1, -0.05) is 30.3 Å². The molecule has 5 saturated carbocycles. The highest BCUT2D eigenvalue weighted by molar-refractivity contribution is 6.27. The average molecular weight is 259 g/mol. The number of alkyl halides is 1. The Morgan fingerprint density at radius 1 is 0.944 bits per heavy atom. The monoisotopic (exact) mass is 258 g/mol. The van der Waals surface area contributed by atoms with Crippen molar-refractivity contribution >= 4 is 11.6 Å². The number of hydrogen-bond acceptors (Lipinski definition) is 0. The van der Waals surface area contributed by atoms with Crippen molar-refractivity contribution in [1.82, 2.24) is 0 Å². The zero-order valence-electron chi connectivity index (χ0n) is 10.6. The van der Waals surface area contributed by atoms with Crippen LogP contribution in [0.25, 0.3) is 0 Å². The zero-order chi connectivity index (χ0) is 12.0. The van der Waals surface area contributed by atoms with E-state index in [2.05, 4.69) is 30.3 Å². The summed E-state index contributed by atoms with van der Waals surface area (Å²) in [6.07, 6.45) is 7.30. The molecule has 0 radical (unpaired) electrons. The highest BCUT2D eigenvalue weighted by Crippen LogP contribution is 2.86. The maximum absolute atomic E-state index is 7.22. The quantitative estimate of drug-likeness (QED) is 0.647. The lowest BCUT2D eigenvalue weighted by molar-refractivity contribution is 0.0110. The van der Waals surface area contributed by atoms with Gasteiger partial charge >= 0.3 is 0 Å². The molecule has 5 fully saturated rings. The van der Waals surface area contributed by atoms with E-state index in [-0.39, 0.29) is 4.87 Å². The van der Waals surface area contributed by atoms with Gasteiger partial charge in [-0.2, -0.15) is 0 Å². The van der Waals surface area contributed by atoms with E-state index >= 15 is 0 Å². The van der Waals surface area contributed by atoms with E-state index in [1.165, 1.54) is 37.7 Å². The second-order valence-electron chi connectivity index (χ2n) is 7.32. The lowest BCUT2D eigenvalue weighted by Gasteiger charge is -2.49. The van der Waals surface area contributed by atoms with Gasteiger partial charge in [0.25, 0.3) is 0 Å². The fourth-order valence-electron chi connectivity index (χ4n) is 6.39. The van der Waals surface area contributed by atoms with E-state index in [9.17, 15) is 0 Å². The summed E-state index contributed by atoms with van der Waals surface area (Å²) in [4.78, 5) is 0.00282. The van der Waals surface area contributed by atoms with Gasteiger partial charge in [-0.15, -0.1) is 11.6 Å². The molecule has 1 aromatic rings. The minimum atomic E-state index is 0.00282. The van der Waals surface area contributed by atoms with Crippen molar-refractivity contribution in [3.63, 3.8) is 0 Å². The number of hydrogen-bond donors (Lipinski definition) is 0. The molecule has 0 aliphatic heterocycles. The Kier molecular flexibility index (Phi) is 1.71. The molecule has 0 N–H and O–H groups in total. The van der Waals surface area contributed by atoms with Gasteiger partial charge in [0.2, 0.25) is 0 Å². The summed E-state index contributed by atoms with van der Waals surface area (Å²) < 4.78 is 0. The molecule has 1 heteroatoms. The Morgan fingerprint density at radius 2 is 1.61 bits per heavy atom. The van der Waals surface area contributed by atoms with Gasteiger partial charge in [0, 0.05) is 0 Å². The predicted molar refractivity (Wildman–Crippen MR) is 73.5 cm³/mol. The van der Waals surface area contributed by atoms with Crippen molar-refractivity contribution < 1.29 is 0 Å². The van der Waals surface area contributed by atoms with Crippen LogP contribution in [0.15, 0.2) is 30.3 Å². The molecular weight excluding hydrogens is 240 g/mol. The van der Waals surface area contributed by atoms with Gasteiger partial charge in [0.05, 0.1) is 4.87 Å². The molecule has 4 bridgehead atoms. The highest BCUT2D eigenvalue weighted by Gasteiger charge is 2.82. The fourth-order valence-corrected chi connectivity index (χ4v) is 7.12. The molecule has 5 aliphatic carbocycles. The van der Waals surface area contributed by atoms with Crippen molar-refractivity contribution in [1.29, 1.82) is 0 Å². The second kappa shape index (κ2) is 2.98. The average Bonchev–Trinajstić information content (AvgIpc) is 2.90. The molecule has 94 valence electrons. The first-order valence-corrected chi connectivity index (χ1v) is 7.86. The Bertz CT molecular complexity index is 494. The standard InChI is InChI=1S/C17H19Cl/c18-17(14-4-2-1-3-5-14)15-13-7-11-6-12(8-13)10-16(15,17)9-11/h1-5,11-13,15H,6-10H2/t11-,12+,13?,15?,16?,17?. The van der Waals surface area contributed by atoms with E-state index < -0.39 is 0 Å². The Hall–Kier alpha value is -0.490. The lowest BCUT2D eigenvalue weighted by Crippen LogP contribution is -2.39. The fraction of sp³-hybridized carbons (Fsp3) is 0.647. The van der Waals surface area contributed by atoms with Crippen LogP contribution in [-0.2, 0) is 4.87 Å². The molecule has 6 rings (SSSR count). The van der Waals surface area contributed by atoms with E-state index in [0.717, 1.165) is 23.7 Å². The first kappa shape index (κ1) is 10.3. The van der Waals surface area contributed by atoms with Crippen LogP contribution in [0.1, 0.15) is 37.7 Å². The third-order valence-corrected chi connectivity index (χ3v) is 7.40. The summed E-state index contributed by atoms with van der Waals surface area (Å²) >= 11 is 7.22. The van der Waals surface area contributed by atoms with Crippen LogP contribution >= 0.6 is 11.6 Å². The van der Waals surface area contributed by atoms with Crippen LogP contribution in [0.4, 0.5) is 0 Å². The molecule has 0 heterocycles. The van der Waals surface area contributed by atoms with Gasteiger partial charge in [0.15, 0.2) is 0 Å². The van der Waals surface area contributed by atoms with Crippen molar-refractivity contribution in [2.45, 2.75) is 37.0 Å². The number of halogens is 1. The Balaban J connectivity index is 1.65. The lowest BCUT2D eigenvalue weighted by atomic mass is 9.56. The van der Waals surface area contributed by atoms with Gasteiger partial charge in [-0.3, -0.25) is 0 Å². The predicted octanol–water partition coefficient (Wildman–Crippen LogP) is 4.58. The molecule has 0 aromatic heterocycles. The summed E-state index contributed by atoms with van der Waals surface area (Å²) in [7, 11) is 0. The normalized spacial score (nSPS) is 55.4. The largest absolute Gasteiger partial charge is 0.113 e. The number of benzene rings is 1. The molecule has 0 saturated heterocycles. The SMILES string of the molecule is ClC1(c2ccccc2)C2C3C[C@@H]4C[C@H](C3)CC21C4. The minimum absolute atomic E-state index is 0.00282. The Labute approximate surface area is 114 Å². The van der Waals surface area contributed by atoms with Gasteiger partial charge in [0.1, 0.15) is 0 Å². The molecule has 0 nitrogen and oxygen atoms in total. The molecule has 18 heavy (non-hydrogen) atoms. The molecule has 0 amide bonds. The van der Waals surface area contributed by atoms with Crippen LogP contribution in [0.3, 0.4) is 0 Å². The third kappa shape index (κ3) is 0.954. The van der Waals surface area contributed by atoms with Crippen molar-refractivity contribution in [3.8, 4) is 0 Å². The van der Waals surface area contributed by atoms with Crippen LogP contribution < -0.4 is 0 Å². The minimum Gasteiger partial charge on any atom is -0.113 e. The van der Waals surface area contributed by atoms with Gasteiger partial charge in [-0.25, -0.2) is 0 Å². The maximum Gasteiger partial charge on any atom is 0.0791 e. The molecule has 4 unspecified atom stereocenters. The van der Waals surface area contributed by atoms with Crippen LogP contribution in [0.2, 0.25) is 0 Å². The topological polar surface area (TPSA) is 0 Å². The third-order valence-electron chi connectivity index (χ3n) is 6.58. The summed E-state index contributed by atoms with van der Waals surface area (Å²) in [5.41, 5.74) is 1.90. The molecule has 6 atom stereocenters. The maximum atomic E-state index is 7.22. The highest BCUT2D eigenvalue weighted by atomic mass is 35.5. The second-order valence-corrected chi connectivity index (χ2v) is 7.92. The molecule has 1 spiro atoms. The van der Waals surface area contributed by atoms with E-state index in [0.29, 0.717) is 5.41 Å². The molecule has 5 aliphatic rings. The van der Waals surface area contributed by atoms with Crippen LogP contribution in [-0.4, -0.2) is 0 Å². The van der Waals surface area contributed by atoms with E-state index in [1.807, 2.05) is 0 Å². The summed E-state index contributed by atoms with van der Waals surface area (Å²) in [5, 5.41) is 0. The van der Waals surface area contributed by atoms with Crippen molar-refractivity contribution in [2.75, 3.05) is 0 Å². The summed E-state index contributed by atoms with van der Waals surface area (Å²) in [5.74, 6) is 3.74. The van der Waals surface area contributed by atoms with Crippen molar-refractivity contribution in [3.05, 3.63) is 35.9 Å². The molecule has 1 aromatic carbocycles. The smallest absolute Gasteiger partial charge is 0.0791 e. The zero-order valence-corrected chi connectivity index (χ0v) is 11.4. The van der Waals surface area contributed by atoms with Gasteiger partial charge in [-0.05, 0) is 66.8 Å². The number of rotatable bonds is 1.